The van der Waals surface area contributed by atoms with Crippen LogP contribution in [-0.4, -0.2) is 0 Å². The van der Waals surface area contributed by atoms with Crippen LogP contribution >= 0.6 is 0 Å². The zero-order chi connectivity index (χ0) is 12.5. The minimum Gasteiger partial charge on any atom is -0.453 e. The summed E-state index contributed by atoms with van der Waals surface area (Å²) in [4.78, 5) is 0. The number of hydrogen-bond acceptors (Lipinski definition) is 2. The lowest BCUT2D eigenvalue weighted by Crippen LogP contribution is -2.03. The Hall–Kier alpha value is -1.96. The van der Waals surface area contributed by atoms with Crippen molar-refractivity contribution in [2.75, 3.05) is 5.32 Å². The summed E-state index contributed by atoms with van der Waals surface area (Å²) in [6, 6.07) is 12.7. The lowest BCUT2D eigenvalue weighted by atomic mass is 10.1. The summed E-state index contributed by atoms with van der Waals surface area (Å²) < 4.78 is 6.00. The highest BCUT2D eigenvalue weighted by Crippen LogP contribution is 2.42. The van der Waals surface area contributed by atoms with Gasteiger partial charge in [-0.1, -0.05) is 26.0 Å². The average Bonchev–Trinajstić information content (AvgIpc) is 2.43. The first-order valence-corrected chi connectivity index (χ1v) is 6.51. The van der Waals surface area contributed by atoms with Crippen LogP contribution in [0, 0.1) is 0 Å². The molecular weight excluding hydrogens is 222 g/mol. The Labute approximate surface area is 108 Å². The van der Waals surface area contributed by atoms with Gasteiger partial charge in [-0.2, -0.15) is 0 Å². The van der Waals surface area contributed by atoms with Gasteiger partial charge in [0.2, 0.25) is 0 Å². The average molecular weight is 239 g/mol. The van der Waals surface area contributed by atoms with Crippen molar-refractivity contribution in [2.24, 2.45) is 0 Å². The second-order valence-corrected chi connectivity index (χ2v) is 4.60. The van der Waals surface area contributed by atoms with Crippen LogP contribution in [0.3, 0.4) is 0 Å². The third-order valence-electron chi connectivity index (χ3n) is 3.40. The molecule has 1 aliphatic rings. The van der Waals surface area contributed by atoms with Crippen molar-refractivity contribution >= 4 is 11.4 Å². The minimum atomic E-state index is 0.926. The molecule has 18 heavy (non-hydrogen) atoms. The van der Waals surface area contributed by atoms with Gasteiger partial charge in [0.05, 0.1) is 11.4 Å². The molecule has 2 aromatic rings. The normalized spacial score (nSPS) is 12.1. The fraction of sp³-hybridized carbons (Fsp3) is 0.250. The van der Waals surface area contributed by atoms with Gasteiger partial charge in [-0.3, -0.25) is 0 Å². The maximum Gasteiger partial charge on any atom is 0.151 e. The summed E-state index contributed by atoms with van der Waals surface area (Å²) in [5, 5.41) is 3.42. The lowest BCUT2D eigenvalue weighted by molar-refractivity contribution is 0.480. The Kier molecular flexibility index (Phi) is 2.71. The molecule has 0 radical (unpaired) electrons. The zero-order valence-corrected chi connectivity index (χ0v) is 10.8. The zero-order valence-electron chi connectivity index (χ0n) is 10.8. The van der Waals surface area contributed by atoms with Gasteiger partial charge >= 0.3 is 0 Å². The van der Waals surface area contributed by atoms with E-state index in [1.165, 1.54) is 11.1 Å². The Bertz CT molecular complexity index is 538. The van der Waals surface area contributed by atoms with Crippen molar-refractivity contribution < 1.29 is 4.74 Å². The van der Waals surface area contributed by atoms with E-state index < -0.39 is 0 Å². The number of benzene rings is 2. The van der Waals surface area contributed by atoms with Crippen molar-refractivity contribution in [3.05, 3.63) is 47.5 Å². The largest absolute Gasteiger partial charge is 0.453 e. The van der Waals surface area contributed by atoms with E-state index in [0.29, 0.717) is 0 Å². The molecule has 1 heterocycles. The van der Waals surface area contributed by atoms with Gasteiger partial charge in [-0.05, 0) is 48.2 Å². The second-order valence-electron chi connectivity index (χ2n) is 4.60. The SMILES string of the molecule is CCc1ccc2c(c1)Oc1cc(CC)ccc1N2. The molecule has 0 fully saturated rings. The Morgan fingerprint density at radius 3 is 1.78 bits per heavy atom. The summed E-state index contributed by atoms with van der Waals surface area (Å²) in [6.45, 7) is 4.31. The van der Waals surface area contributed by atoms with Gasteiger partial charge in [-0.25, -0.2) is 0 Å². The second kappa shape index (κ2) is 4.37. The van der Waals surface area contributed by atoms with E-state index in [9.17, 15) is 0 Å². The highest BCUT2D eigenvalue weighted by molar-refractivity contribution is 5.76. The minimum absolute atomic E-state index is 0.926. The van der Waals surface area contributed by atoms with Crippen LogP contribution in [0.4, 0.5) is 11.4 Å². The van der Waals surface area contributed by atoms with E-state index in [4.69, 9.17) is 4.74 Å². The van der Waals surface area contributed by atoms with E-state index >= 15 is 0 Å². The molecule has 0 aliphatic carbocycles. The summed E-state index contributed by atoms with van der Waals surface area (Å²) in [7, 11) is 0. The lowest BCUT2D eigenvalue weighted by Gasteiger charge is -2.22. The number of ether oxygens (including phenoxy) is 1. The van der Waals surface area contributed by atoms with Gasteiger partial charge < -0.3 is 10.1 Å². The Morgan fingerprint density at radius 2 is 1.33 bits per heavy atom. The monoisotopic (exact) mass is 239 g/mol. The van der Waals surface area contributed by atoms with Crippen LogP contribution in [0.25, 0.3) is 0 Å². The summed E-state index contributed by atoms with van der Waals surface area (Å²) in [6.07, 6.45) is 2.05. The quantitative estimate of drug-likeness (QED) is 0.702. The van der Waals surface area contributed by atoms with Crippen molar-refractivity contribution in [2.45, 2.75) is 26.7 Å². The molecule has 1 aliphatic heterocycles. The van der Waals surface area contributed by atoms with Gasteiger partial charge in [0.1, 0.15) is 0 Å². The molecule has 0 saturated heterocycles. The van der Waals surface area contributed by atoms with Crippen LogP contribution in [0.15, 0.2) is 36.4 Å². The Morgan fingerprint density at radius 1 is 0.833 bits per heavy atom. The van der Waals surface area contributed by atoms with E-state index in [2.05, 4.69) is 55.6 Å². The molecule has 2 nitrogen and oxygen atoms in total. The van der Waals surface area contributed by atoms with Gasteiger partial charge in [0.25, 0.3) is 0 Å². The van der Waals surface area contributed by atoms with Crippen LogP contribution < -0.4 is 10.1 Å². The van der Waals surface area contributed by atoms with E-state index in [-0.39, 0.29) is 0 Å². The molecule has 2 aromatic carbocycles. The predicted octanol–water partition coefficient (Wildman–Crippen LogP) is 4.66. The fourth-order valence-corrected chi connectivity index (χ4v) is 2.21. The topological polar surface area (TPSA) is 21.3 Å². The van der Waals surface area contributed by atoms with Crippen molar-refractivity contribution in [3.8, 4) is 11.5 Å². The summed E-state index contributed by atoms with van der Waals surface area (Å²) >= 11 is 0. The highest BCUT2D eigenvalue weighted by Gasteiger charge is 2.16. The number of aryl methyl sites for hydroxylation is 2. The molecular formula is C16H17NO. The molecule has 0 unspecified atom stereocenters. The molecule has 92 valence electrons. The summed E-state index contributed by atoms with van der Waals surface area (Å²) in [5.41, 5.74) is 4.68. The molecule has 1 N–H and O–H groups in total. The molecule has 2 heteroatoms. The van der Waals surface area contributed by atoms with Gasteiger partial charge in [0, 0.05) is 0 Å². The standard InChI is InChI=1S/C16H17NO/c1-3-11-5-7-13-15(9-11)18-16-10-12(4-2)6-8-14(16)17-13/h5-10,17H,3-4H2,1-2H3. The van der Waals surface area contributed by atoms with Crippen LogP contribution in [0.2, 0.25) is 0 Å². The van der Waals surface area contributed by atoms with Crippen molar-refractivity contribution in [1.29, 1.82) is 0 Å². The molecule has 0 saturated carbocycles. The molecule has 0 bridgehead atoms. The van der Waals surface area contributed by atoms with E-state index in [1.54, 1.807) is 0 Å². The van der Waals surface area contributed by atoms with Crippen molar-refractivity contribution in [3.63, 3.8) is 0 Å². The first kappa shape index (κ1) is 11.1. The fourth-order valence-electron chi connectivity index (χ4n) is 2.21. The third kappa shape index (κ3) is 1.84. The number of nitrogens with one attached hydrogen (secondary N) is 1. The highest BCUT2D eigenvalue weighted by atomic mass is 16.5. The maximum absolute atomic E-state index is 6.00. The first-order chi connectivity index (χ1) is 8.80. The first-order valence-electron chi connectivity index (χ1n) is 6.51. The number of fused-ring (bicyclic) bond motifs is 2. The molecule has 3 rings (SSSR count). The molecule has 0 atom stereocenters. The number of hydrogen-bond donors (Lipinski definition) is 1. The predicted molar refractivity (Wildman–Crippen MR) is 75.0 cm³/mol. The van der Waals surface area contributed by atoms with Crippen molar-refractivity contribution in [1.82, 2.24) is 0 Å². The van der Waals surface area contributed by atoms with E-state index in [1.807, 2.05) is 0 Å². The maximum atomic E-state index is 6.00. The van der Waals surface area contributed by atoms with Gasteiger partial charge in [0.15, 0.2) is 11.5 Å². The summed E-state index contributed by atoms with van der Waals surface area (Å²) in [5.74, 6) is 1.85. The number of anilines is 2. The van der Waals surface area contributed by atoms with Crippen LogP contribution in [0.1, 0.15) is 25.0 Å². The smallest absolute Gasteiger partial charge is 0.151 e. The Balaban J connectivity index is 2.01. The van der Waals surface area contributed by atoms with Gasteiger partial charge in [-0.15, -0.1) is 0 Å². The van der Waals surface area contributed by atoms with Crippen LogP contribution in [-0.2, 0) is 12.8 Å². The van der Waals surface area contributed by atoms with E-state index in [0.717, 1.165) is 35.7 Å². The molecule has 0 amide bonds. The number of rotatable bonds is 2. The van der Waals surface area contributed by atoms with Crippen LogP contribution in [0.5, 0.6) is 11.5 Å². The third-order valence-corrected chi connectivity index (χ3v) is 3.40. The molecule has 0 spiro atoms. The molecule has 0 aromatic heterocycles.